The van der Waals surface area contributed by atoms with E-state index < -0.39 is 66.5 Å². The lowest BCUT2D eigenvalue weighted by Gasteiger charge is -2.30. The summed E-state index contributed by atoms with van der Waals surface area (Å²) >= 11 is 0. The van der Waals surface area contributed by atoms with E-state index in [0.717, 1.165) is 4.90 Å². The van der Waals surface area contributed by atoms with Crippen LogP contribution in [0, 0.1) is 0 Å². The molecule has 13 heteroatoms. The summed E-state index contributed by atoms with van der Waals surface area (Å²) < 4.78 is 0. The summed E-state index contributed by atoms with van der Waals surface area (Å²) in [5.41, 5.74) is 5.55. The summed E-state index contributed by atoms with van der Waals surface area (Å²) in [5, 5.41) is 41.5. The maximum atomic E-state index is 12.7. The monoisotopic (exact) mass is 432 g/mol. The molecule has 13 nitrogen and oxygen atoms in total. The molecule has 0 radical (unpaired) electrons. The maximum absolute atomic E-state index is 12.7. The molecule has 0 bridgehead atoms. The molecule has 1 aliphatic rings. The number of nitrogens with two attached hydrogens (primary N) is 1. The fourth-order valence-electron chi connectivity index (χ4n) is 2.99. The number of carboxylic acids is 2. The third-order valence-corrected chi connectivity index (χ3v) is 4.69. The lowest BCUT2D eigenvalue weighted by Crippen LogP contribution is -2.60. The average Bonchev–Trinajstić information content (AvgIpc) is 3.17. The SMILES string of the molecule is CC(O)C(NC(=O)C(CO)NC(=O)C(N)CCC(=O)O)C(=O)N1CCCC1C(=O)O. The van der Waals surface area contributed by atoms with Gasteiger partial charge in [-0.2, -0.15) is 0 Å². The summed E-state index contributed by atoms with van der Waals surface area (Å²) in [4.78, 5) is 60.0. The number of aliphatic hydroxyl groups excluding tert-OH is 2. The van der Waals surface area contributed by atoms with Crippen LogP contribution in [0.5, 0.6) is 0 Å². The molecule has 5 atom stereocenters. The molecule has 8 N–H and O–H groups in total. The van der Waals surface area contributed by atoms with Gasteiger partial charge >= 0.3 is 11.9 Å². The lowest BCUT2D eigenvalue weighted by molar-refractivity contribution is -0.151. The van der Waals surface area contributed by atoms with Crippen molar-refractivity contribution in [2.75, 3.05) is 13.2 Å². The van der Waals surface area contributed by atoms with Gasteiger partial charge in [-0.15, -0.1) is 0 Å². The molecule has 5 unspecified atom stereocenters. The number of nitrogens with one attached hydrogen (secondary N) is 2. The minimum Gasteiger partial charge on any atom is -0.481 e. The van der Waals surface area contributed by atoms with E-state index in [0.29, 0.717) is 6.42 Å². The predicted molar refractivity (Wildman–Crippen MR) is 99.8 cm³/mol. The Morgan fingerprint density at radius 3 is 2.27 bits per heavy atom. The van der Waals surface area contributed by atoms with Gasteiger partial charge in [-0.1, -0.05) is 0 Å². The lowest BCUT2D eigenvalue weighted by atomic mass is 10.1. The van der Waals surface area contributed by atoms with E-state index in [-0.39, 0.29) is 25.8 Å². The Bertz CT molecular complexity index is 670. The van der Waals surface area contributed by atoms with Gasteiger partial charge in [0.05, 0.1) is 18.8 Å². The number of carbonyl (C=O) groups is 5. The van der Waals surface area contributed by atoms with E-state index in [1.165, 1.54) is 6.92 Å². The largest absolute Gasteiger partial charge is 0.481 e. The second kappa shape index (κ2) is 11.4. The van der Waals surface area contributed by atoms with Gasteiger partial charge in [-0.3, -0.25) is 19.2 Å². The van der Waals surface area contributed by atoms with Crippen molar-refractivity contribution in [2.45, 2.75) is 62.9 Å². The predicted octanol–water partition coefficient (Wildman–Crippen LogP) is -3.40. The highest BCUT2D eigenvalue weighted by atomic mass is 16.4. The van der Waals surface area contributed by atoms with Crippen LogP contribution < -0.4 is 16.4 Å². The molecule has 0 aliphatic carbocycles. The molecule has 3 amide bonds. The second-order valence-electron chi connectivity index (χ2n) is 7.04. The van der Waals surface area contributed by atoms with Gasteiger partial charge in [0.15, 0.2) is 0 Å². The summed E-state index contributed by atoms with van der Waals surface area (Å²) in [6, 6.07) is -5.32. The quantitative estimate of drug-likeness (QED) is 0.171. The topological polar surface area (TPSA) is 220 Å². The highest BCUT2D eigenvalue weighted by molar-refractivity contribution is 5.94. The number of carbonyl (C=O) groups excluding carboxylic acids is 3. The Hall–Kier alpha value is -2.77. The Labute approximate surface area is 172 Å². The van der Waals surface area contributed by atoms with Crippen molar-refractivity contribution in [3.05, 3.63) is 0 Å². The van der Waals surface area contributed by atoms with Crippen LogP contribution in [0.15, 0.2) is 0 Å². The first-order valence-corrected chi connectivity index (χ1v) is 9.39. The first kappa shape index (κ1) is 25.3. The molecule has 0 aromatic heterocycles. The van der Waals surface area contributed by atoms with E-state index in [9.17, 15) is 39.3 Å². The first-order chi connectivity index (χ1) is 14.0. The average molecular weight is 432 g/mol. The van der Waals surface area contributed by atoms with Crippen LogP contribution in [-0.4, -0.2) is 98.4 Å². The van der Waals surface area contributed by atoms with Crippen molar-refractivity contribution >= 4 is 29.7 Å². The number of aliphatic hydroxyl groups is 2. The molecule has 0 aromatic carbocycles. The Morgan fingerprint density at radius 2 is 1.77 bits per heavy atom. The number of hydrogen-bond acceptors (Lipinski definition) is 8. The van der Waals surface area contributed by atoms with Crippen molar-refractivity contribution < 1.29 is 44.4 Å². The Morgan fingerprint density at radius 1 is 1.13 bits per heavy atom. The zero-order valence-electron chi connectivity index (χ0n) is 16.5. The van der Waals surface area contributed by atoms with Crippen LogP contribution in [-0.2, 0) is 24.0 Å². The van der Waals surface area contributed by atoms with E-state index in [1.54, 1.807) is 0 Å². The van der Waals surface area contributed by atoms with Crippen molar-refractivity contribution in [3.8, 4) is 0 Å². The molecule has 30 heavy (non-hydrogen) atoms. The van der Waals surface area contributed by atoms with Gasteiger partial charge in [0.25, 0.3) is 0 Å². The third kappa shape index (κ3) is 6.93. The van der Waals surface area contributed by atoms with Crippen molar-refractivity contribution in [2.24, 2.45) is 5.73 Å². The third-order valence-electron chi connectivity index (χ3n) is 4.69. The van der Waals surface area contributed by atoms with Crippen molar-refractivity contribution in [1.29, 1.82) is 0 Å². The van der Waals surface area contributed by atoms with Crippen LogP contribution in [0.3, 0.4) is 0 Å². The number of nitrogens with zero attached hydrogens (tertiary/aromatic N) is 1. The number of rotatable bonds is 11. The van der Waals surface area contributed by atoms with Gasteiger partial charge in [-0.05, 0) is 26.2 Å². The maximum Gasteiger partial charge on any atom is 0.326 e. The van der Waals surface area contributed by atoms with Crippen molar-refractivity contribution in [3.63, 3.8) is 0 Å². The molecule has 1 aliphatic heterocycles. The molecule has 1 fully saturated rings. The number of aliphatic carboxylic acids is 2. The highest BCUT2D eigenvalue weighted by Crippen LogP contribution is 2.19. The Kier molecular flexibility index (Phi) is 9.62. The normalized spacial score (nSPS) is 20.0. The molecule has 170 valence electrons. The van der Waals surface area contributed by atoms with Gasteiger partial charge in [-0.25, -0.2) is 4.79 Å². The first-order valence-electron chi connectivity index (χ1n) is 9.39. The molecule has 0 aromatic rings. The van der Waals surface area contributed by atoms with Gasteiger partial charge in [0.1, 0.15) is 18.1 Å². The molecule has 0 spiro atoms. The van der Waals surface area contributed by atoms with Crippen LogP contribution in [0.25, 0.3) is 0 Å². The number of carboxylic acid groups (broad SMARTS) is 2. The summed E-state index contributed by atoms with van der Waals surface area (Å²) in [6.07, 6.45) is -1.26. The van der Waals surface area contributed by atoms with Crippen LogP contribution in [0.2, 0.25) is 0 Å². The summed E-state index contributed by atoms with van der Waals surface area (Å²) in [5.74, 6) is -5.04. The van der Waals surface area contributed by atoms with Gasteiger partial charge < -0.3 is 41.7 Å². The van der Waals surface area contributed by atoms with E-state index in [2.05, 4.69) is 10.6 Å². The van der Waals surface area contributed by atoms with Crippen molar-refractivity contribution in [1.82, 2.24) is 15.5 Å². The Balaban J connectivity index is 2.80. The van der Waals surface area contributed by atoms with E-state index in [1.807, 2.05) is 0 Å². The summed E-state index contributed by atoms with van der Waals surface area (Å²) in [7, 11) is 0. The second-order valence-corrected chi connectivity index (χ2v) is 7.04. The molecule has 1 saturated heterocycles. The molecule has 1 heterocycles. The number of hydrogen-bond donors (Lipinski definition) is 7. The number of likely N-dealkylation sites (tertiary alicyclic amines) is 1. The zero-order valence-corrected chi connectivity index (χ0v) is 16.5. The standard InChI is InChI=1S/C17H28N4O9/c1-8(23)13(16(28)21-6-2-3-11(21)17(29)30)20-15(27)10(7-22)19-14(26)9(18)4-5-12(24)25/h8-11,13,22-23H,2-7,18H2,1H3,(H,19,26)(H,20,27)(H,24,25)(H,29,30). The highest BCUT2D eigenvalue weighted by Gasteiger charge is 2.40. The van der Waals surface area contributed by atoms with Gasteiger partial charge in [0.2, 0.25) is 17.7 Å². The zero-order chi connectivity index (χ0) is 23.0. The summed E-state index contributed by atoms with van der Waals surface area (Å²) in [6.45, 7) is 0.516. The fraction of sp³-hybridized carbons (Fsp3) is 0.706. The smallest absolute Gasteiger partial charge is 0.326 e. The molecular weight excluding hydrogens is 404 g/mol. The minimum absolute atomic E-state index is 0.146. The van der Waals surface area contributed by atoms with E-state index >= 15 is 0 Å². The number of amides is 3. The molecule has 1 rings (SSSR count). The fourth-order valence-corrected chi connectivity index (χ4v) is 2.99. The molecular formula is C17H28N4O9. The van der Waals surface area contributed by atoms with Crippen LogP contribution in [0.1, 0.15) is 32.6 Å². The van der Waals surface area contributed by atoms with Crippen LogP contribution in [0.4, 0.5) is 0 Å². The van der Waals surface area contributed by atoms with Gasteiger partial charge in [0, 0.05) is 13.0 Å². The van der Waals surface area contributed by atoms with E-state index in [4.69, 9.17) is 10.8 Å². The van der Waals surface area contributed by atoms with Crippen LogP contribution >= 0.6 is 0 Å². The minimum atomic E-state index is -1.52. The molecule has 0 saturated carbocycles.